The Bertz CT molecular complexity index is 443. The Labute approximate surface area is 92.6 Å². The van der Waals surface area contributed by atoms with E-state index in [9.17, 15) is 9.59 Å². The van der Waals surface area contributed by atoms with Gasteiger partial charge in [-0.25, -0.2) is 0 Å². The number of primary amides is 1. The average molecular weight is 220 g/mol. The maximum atomic E-state index is 11.2. The van der Waals surface area contributed by atoms with Crippen LogP contribution in [0.15, 0.2) is 18.2 Å². The number of rotatable bonds is 3. The number of amides is 2. The zero-order valence-corrected chi connectivity index (χ0v) is 8.66. The second kappa shape index (κ2) is 4.22. The first-order chi connectivity index (χ1) is 7.65. The molecule has 0 saturated carbocycles. The van der Waals surface area contributed by atoms with Crippen LogP contribution in [-0.2, 0) is 16.0 Å². The molecule has 0 radical (unpaired) electrons. The minimum Gasteiger partial charge on any atom is -0.484 e. The molecule has 0 spiro atoms. The molecule has 2 rings (SSSR count). The molecule has 1 aromatic carbocycles. The number of benzene rings is 1. The molecule has 0 aromatic heterocycles. The fourth-order valence-corrected chi connectivity index (χ4v) is 1.60. The number of anilines is 1. The van der Waals surface area contributed by atoms with Gasteiger partial charge < -0.3 is 15.8 Å². The van der Waals surface area contributed by atoms with E-state index in [2.05, 4.69) is 5.32 Å². The molecule has 1 heterocycles. The normalized spacial score (nSPS) is 13.9. The summed E-state index contributed by atoms with van der Waals surface area (Å²) in [6.45, 7) is -0.160. The molecule has 0 unspecified atom stereocenters. The van der Waals surface area contributed by atoms with Crippen molar-refractivity contribution in [3.63, 3.8) is 0 Å². The first kappa shape index (κ1) is 10.5. The molecular formula is C11H12N2O3. The predicted molar refractivity (Wildman–Crippen MR) is 58.1 cm³/mol. The van der Waals surface area contributed by atoms with Gasteiger partial charge in [-0.2, -0.15) is 0 Å². The van der Waals surface area contributed by atoms with Crippen LogP contribution in [0.4, 0.5) is 5.69 Å². The summed E-state index contributed by atoms with van der Waals surface area (Å²) in [5.74, 6) is 0.000979. The zero-order chi connectivity index (χ0) is 11.5. The number of hydrogen-bond donors (Lipinski definition) is 2. The highest BCUT2D eigenvalue weighted by Gasteiger charge is 2.15. The molecule has 3 N–H and O–H groups in total. The van der Waals surface area contributed by atoms with Crippen molar-refractivity contribution in [1.29, 1.82) is 0 Å². The first-order valence-electron chi connectivity index (χ1n) is 4.99. The van der Waals surface area contributed by atoms with Crippen LogP contribution in [-0.4, -0.2) is 18.4 Å². The largest absolute Gasteiger partial charge is 0.484 e. The van der Waals surface area contributed by atoms with Gasteiger partial charge in [0.25, 0.3) is 5.91 Å². The zero-order valence-electron chi connectivity index (χ0n) is 8.66. The van der Waals surface area contributed by atoms with E-state index >= 15 is 0 Å². The summed E-state index contributed by atoms with van der Waals surface area (Å²) in [7, 11) is 0. The van der Waals surface area contributed by atoms with Crippen molar-refractivity contribution in [2.45, 2.75) is 12.8 Å². The molecule has 1 aromatic rings. The molecule has 5 heteroatoms. The van der Waals surface area contributed by atoms with E-state index in [-0.39, 0.29) is 12.5 Å². The van der Waals surface area contributed by atoms with Crippen LogP contribution in [0.2, 0.25) is 0 Å². The number of fused-ring (bicyclic) bond motifs is 1. The minimum atomic E-state index is -0.526. The monoisotopic (exact) mass is 220 g/mol. The number of nitrogens with one attached hydrogen (secondary N) is 1. The molecule has 16 heavy (non-hydrogen) atoms. The second-order valence-electron chi connectivity index (χ2n) is 3.62. The van der Waals surface area contributed by atoms with Crippen molar-refractivity contribution < 1.29 is 14.3 Å². The second-order valence-corrected chi connectivity index (χ2v) is 3.62. The highest BCUT2D eigenvalue weighted by molar-refractivity contribution is 5.94. The van der Waals surface area contributed by atoms with Crippen LogP contribution in [0.25, 0.3) is 0 Å². The summed E-state index contributed by atoms with van der Waals surface area (Å²) in [6, 6.07) is 5.35. The summed E-state index contributed by atoms with van der Waals surface area (Å²) >= 11 is 0. The minimum absolute atomic E-state index is 0.000416. The van der Waals surface area contributed by atoms with Gasteiger partial charge in [0.1, 0.15) is 5.75 Å². The Morgan fingerprint density at radius 3 is 3.00 bits per heavy atom. The van der Waals surface area contributed by atoms with E-state index in [0.29, 0.717) is 12.2 Å². The lowest BCUT2D eigenvalue weighted by molar-refractivity contribution is -0.120. The molecule has 0 aliphatic carbocycles. The van der Waals surface area contributed by atoms with Gasteiger partial charge in [-0.3, -0.25) is 9.59 Å². The third kappa shape index (κ3) is 2.31. The molecular weight excluding hydrogens is 208 g/mol. The topological polar surface area (TPSA) is 81.4 Å². The van der Waals surface area contributed by atoms with Crippen molar-refractivity contribution in [3.8, 4) is 5.75 Å². The Hall–Kier alpha value is -2.04. The van der Waals surface area contributed by atoms with Gasteiger partial charge in [-0.1, -0.05) is 6.07 Å². The first-order valence-corrected chi connectivity index (χ1v) is 4.99. The van der Waals surface area contributed by atoms with Gasteiger partial charge in [0, 0.05) is 18.2 Å². The number of hydrogen-bond acceptors (Lipinski definition) is 3. The third-order valence-corrected chi connectivity index (χ3v) is 2.36. The average Bonchev–Trinajstić information content (AvgIpc) is 2.25. The molecule has 0 fully saturated rings. The summed E-state index contributed by atoms with van der Waals surface area (Å²) in [6.07, 6.45) is 1.24. The molecule has 0 saturated heterocycles. The van der Waals surface area contributed by atoms with Gasteiger partial charge in [-0.15, -0.1) is 0 Å². The molecule has 0 bridgehead atoms. The number of carbonyl (C=O) groups is 2. The third-order valence-electron chi connectivity index (χ3n) is 2.36. The standard InChI is InChI=1S/C11H12N2O3/c12-10(14)6-16-8-3-1-7-2-4-11(15)13-9(7)5-8/h1,3,5H,2,4,6H2,(H2,12,14)(H,13,15). The van der Waals surface area contributed by atoms with E-state index in [1.54, 1.807) is 12.1 Å². The SMILES string of the molecule is NC(=O)COc1ccc2c(c1)NC(=O)CC2. The summed E-state index contributed by atoms with van der Waals surface area (Å²) in [5, 5.41) is 2.75. The van der Waals surface area contributed by atoms with E-state index < -0.39 is 5.91 Å². The number of aryl methyl sites for hydroxylation is 1. The lowest BCUT2D eigenvalue weighted by Crippen LogP contribution is -2.21. The Morgan fingerprint density at radius 2 is 2.25 bits per heavy atom. The summed E-state index contributed by atoms with van der Waals surface area (Å²) in [4.78, 5) is 21.7. The number of carbonyl (C=O) groups excluding carboxylic acids is 2. The molecule has 84 valence electrons. The van der Waals surface area contributed by atoms with Crippen LogP contribution >= 0.6 is 0 Å². The van der Waals surface area contributed by atoms with Crippen LogP contribution in [0, 0.1) is 0 Å². The predicted octanol–water partition coefficient (Wildman–Crippen LogP) is 0.435. The molecule has 5 nitrogen and oxygen atoms in total. The quantitative estimate of drug-likeness (QED) is 0.775. The molecule has 1 aliphatic heterocycles. The maximum Gasteiger partial charge on any atom is 0.255 e. The van der Waals surface area contributed by atoms with Crippen LogP contribution in [0.1, 0.15) is 12.0 Å². The Kier molecular flexibility index (Phi) is 2.76. The van der Waals surface area contributed by atoms with Crippen molar-refractivity contribution in [1.82, 2.24) is 0 Å². The van der Waals surface area contributed by atoms with E-state index in [4.69, 9.17) is 10.5 Å². The number of ether oxygens (including phenoxy) is 1. The van der Waals surface area contributed by atoms with Crippen molar-refractivity contribution in [2.24, 2.45) is 5.73 Å². The highest BCUT2D eigenvalue weighted by Crippen LogP contribution is 2.26. The smallest absolute Gasteiger partial charge is 0.255 e. The lowest BCUT2D eigenvalue weighted by atomic mass is 10.0. The van der Waals surface area contributed by atoms with Gasteiger partial charge in [-0.05, 0) is 18.1 Å². The molecule has 1 aliphatic rings. The van der Waals surface area contributed by atoms with Crippen LogP contribution in [0.3, 0.4) is 0 Å². The fourth-order valence-electron chi connectivity index (χ4n) is 1.60. The molecule has 2 amide bonds. The fraction of sp³-hybridized carbons (Fsp3) is 0.273. The lowest BCUT2D eigenvalue weighted by Gasteiger charge is -2.17. The van der Waals surface area contributed by atoms with Gasteiger partial charge >= 0.3 is 0 Å². The summed E-state index contributed by atoms with van der Waals surface area (Å²) in [5.41, 5.74) is 6.79. The van der Waals surface area contributed by atoms with E-state index in [1.165, 1.54) is 0 Å². The maximum absolute atomic E-state index is 11.2. The van der Waals surface area contributed by atoms with Crippen molar-refractivity contribution in [2.75, 3.05) is 11.9 Å². The van der Waals surface area contributed by atoms with Crippen molar-refractivity contribution >= 4 is 17.5 Å². The number of nitrogens with two attached hydrogens (primary N) is 1. The van der Waals surface area contributed by atoms with Gasteiger partial charge in [0.05, 0.1) is 0 Å². The highest BCUT2D eigenvalue weighted by atomic mass is 16.5. The van der Waals surface area contributed by atoms with Crippen LogP contribution < -0.4 is 15.8 Å². The van der Waals surface area contributed by atoms with Crippen LogP contribution in [0.5, 0.6) is 5.75 Å². The van der Waals surface area contributed by atoms with Crippen molar-refractivity contribution in [3.05, 3.63) is 23.8 Å². The molecule has 0 atom stereocenters. The Morgan fingerprint density at radius 1 is 1.44 bits per heavy atom. The van der Waals surface area contributed by atoms with Gasteiger partial charge in [0.15, 0.2) is 6.61 Å². The summed E-state index contributed by atoms with van der Waals surface area (Å²) < 4.78 is 5.14. The van der Waals surface area contributed by atoms with E-state index in [0.717, 1.165) is 17.7 Å². The Balaban J connectivity index is 2.14. The van der Waals surface area contributed by atoms with Gasteiger partial charge in [0.2, 0.25) is 5.91 Å². The van der Waals surface area contributed by atoms with E-state index in [1.807, 2.05) is 6.07 Å².